The number of ether oxygens (including phenoxy) is 2. The summed E-state index contributed by atoms with van der Waals surface area (Å²) in [5.41, 5.74) is 0. The molecule has 1 aromatic carbocycles. The molecule has 1 aromatic rings. The second-order valence-corrected chi connectivity index (χ2v) is 7.72. The molecule has 1 N–H and O–H groups in total. The number of benzene rings is 1. The number of nitrogens with one attached hydrogen (secondary N) is 1. The summed E-state index contributed by atoms with van der Waals surface area (Å²) in [4.78, 5) is -0.117. The van der Waals surface area contributed by atoms with Gasteiger partial charge in [-0.15, -0.1) is 0 Å². The minimum absolute atomic E-state index is 0.0218. The third-order valence-corrected chi connectivity index (χ3v) is 6.30. The summed E-state index contributed by atoms with van der Waals surface area (Å²) in [6.45, 7) is 1.05. The van der Waals surface area contributed by atoms with E-state index in [1.165, 1.54) is 6.07 Å². The second-order valence-electron chi connectivity index (χ2n) is 5.63. The first-order valence-electron chi connectivity index (χ1n) is 7.02. The van der Waals surface area contributed by atoms with Crippen molar-refractivity contribution in [1.82, 2.24) is 4.72 Å². The summed E-state index contributed by atoms with van der Waals surface area (Å²) in [5, 5.41) is -0.130. The third kappa shape index (κ3) is 2.76. The molecular weight excluding hydrogens is 333 g/mol. The lowest BCUT2D eigenvalue weighted by Crippen LogP contribution is -2.62. The van der Waals surface area contributed by atoms with Crippen molar-refractivity contribution in [1.29, 1.82) is 0 Å². The first-order chi connectivity index (χ1) is 10.4. The van der Waals surface area contributed by atoms with Crippen LogP contribution < -0.4 is 4.72 Å². The van der Waals surface area contributed by atoms with E-state index in [4.69, 9.17) is 21.1 Å². The van der Waals surface area contributed by atoms with Gasteiger partial charge in [0.15, 0.2) is 0 Å². The Morgan fingerprint density at radius 3 is 2.95 bits per heavy atom. The molecule has 2 fully saturated rings. The van der Waals surface area contributed by atoms with Crippen LogP contribution in [0.1, 0.15) is 6.42 Å². The number of fused-ring (bicyclic) bond motifs is 1. The molecular formula is C14H17ClFNO4S. The van der Waals surface area contributed by atoms with Gasteiger partial charge in [0.05, 0.1) is 17.7 Å². The number of methoxy groups -OCH3 is 1. The zero-order valence-electron chi connectivity index (χ0n) is 12.0. The predicted molar refractivity (Wildman–Crippen MR) is 78.7 cm³/mol. The van der Waals surface area contributed by atoms with Crippen LogP contribution in [0, 0.1) is 17.7 Å². The first-order valence-corrected chi connectivity index (χ1v) is 8.88. The van der Waals surface area contributed by atoms with E-state index in [1.54, 1.807) is 7.11 Å². The summed E-state index contributed by atoms with van der Waals surface area (Å²) < 4.78 is 51.5. The molecule has 1 saturated heterocycles. The molecule has 1 heterocycles. The molecule has 8 heteroatoms. The highest BCUT2D eigenvalue weighted by atomic mass is 35.5. The minimum Gasteiger partial charge on any atom is -0.384 e. The molecule has 1 aliphatic carbocycles. The van der Waals surface area contributed by atoms with E-state index in [9.17, 15) is 12.8 Å². The summed E-state index contributed by atoms with van der Waals surface area (Å²) in [5.74, 6) is -0.449. The van der Waals surface area contributed by atoms with Crippen LogP contribution in [0.15, 0.2) is 23.1 Å². The Kier molecular flexibility index (Phi) is 4.44. The van der Waals surface area contributed by atoms with Gasteiger partial charge in [0.2, 0.25) is 10.0 Å². The van der Waals surface area contributed by atoms with Crippen molar-refractivity contribution < 1.29 is 22.3 Å². The van der Waals surface area contributed by atoms with E-state index in [1.807, 2.05) is 0 Å². The van der Waals surface area contributed by atoms with Gasteiger partial charge in [0, 0.05) is 31.6 Å². The van der Waals surface area contributed by atoms with E-state index in [-0.39, 0.29) is 33.9 Å². The van der Waals surface area contributed by atoms with Gasteiger partial charge in [0.1, 0.15) is 10.7 Å². The zero-order chi connectivity index (χ0) is 15.9. The Morgan fingerprint density at radius 1 is 1.50 bits per heavy atom. The Hall–Kier alpha value is -0.730. The Labute approximate surface area is 133 Å². The van der Waals surface area contributed by atoms with Crippen LogP contribution >= 0.6 is 11.6 Å². The molecule has 3 rings (SSSR count). The third-order valence-electron chi connectivity index (χ3n) is 4.36. The van der Waals surface area contributed by atoms with E-state index in [0.29, 0.717) is 13.2 Å². The summed E-state index contributed by atoms with van der Waals surface area (Å²) in [7, 11) is -2.24. The fourth-order valence-electron chi connectivity index (χ4n) is 3.33. The normalized spacial score (nSPS) is 30.9. The first kappa shape index (κ1) is 16.1. The SMILES string of the molecule is COC[C@H]1[C@@H](NS(=O)(=O)c2ccc(F)cc2Cl)[C@@H]2CCO[C@@H]21. The van der Waals surface area contributed by atoms with Crippen molar-refractivity contribution in [2.45, 2.75) is 23.5 Å². The monoisotopic (exact) mass is 349 g/mol. The molecule has 2 aliphatic rings. The molecule has 122 valence electrons. The highest BCUT2D eigenvalue weighted by molar-refractivity contribution is 7.89. The maximum Gasteiger partial charge on any atom is 0.242 e. The molecule has 1 saturated carbocycles. The average molecular weight is 350 g/mol. The van der Waals surface area contributed by atoms with Crippen LogP contribution in [0.2, 0.25) is 5.02 Å². The number of hydrogen-bond acceptors (Lipinski definition) is 4. The largest absolute Gasteiger partial charge is 0.384 e. The molecule has 0 amide bonds. The van der Waals surface area contributed by atoms with Gasteiger partial charge in [0.25, 0.3) is 0 Å². The van der Waals surface area contributed by atoms with Gasteiger partial charge >= 0.3 is 0 Å². The van der Waals surface area contributed by atoms with Crippen molar-refractivity contribution in [2.75, 3.05) is 20.3 Å². The number of rotatable bonds is 5. The standard InChI is InChI=1S/C14H17ClFNO4S/c1-20-7-10-13(9-4-5-21-14(9)10)17-22(18,19)12-3-2-8(16)6-11(12)15/h2-3,6,9-10,13-14,17H,4-5,7H2,1H3/t9-,10-,13-,14-/m0/s1. The summed E-state index contributed by atoms with van der Waals surface area (Å²) >= 11 is 5.86. The fourth-order valence-corrected chi connectivity index (χ4v) is 5.20. The zero-order valence-corrected chi connectivity index (χ0v) is 13.5. The van der Waals surface area contributed by atoms with Gasteiger partial charge in [-0.05, 0) is 24.6 Å². The molecule has 0 aromatic heterocycles. The molecule has 5 nitrogen and oxygen atoms in total. The molecule has 22 heavy (non-hydrogen) atoms. The lowest BCUT2D eigenvalue weighted by Gasteiger charge is -2.47. The van der Waals surface area contributed by atoms with Gasteiger partial charge in [-0.1, -0.05) is 11.6 Å². The topological polar surface area (TPSA) is 64.6 Å². The number of halogens is 2. The molecule has 1 aliphatic heterocycles. The van der Waals surface area contributed by atoms with E-state index < -0.39 is 15.8 Å². The van der Waals surface area contributed by atoms with E-state index in [0.717, 1.165) is 18.6 Å². The summed E-state index contributed by atoms with van der Waals surface area (Å²) in [6, 6.07) is 2.99. The Bertz CT molecular complexity index is 669. The molecule has 0 radical (unpaired) electrons. The van der Waals surface area contributed by atoms with Crippen molar-refractivity contribution in [2.24, 2.45) is 11.8 Å². The predicted octanol–water partition coefficient (Wildman–Crippen LogP) is 1.81. The van der Waals surface area contributed by atoms with Crippen molar-refractivity contribution in [3.63, 3.8) is 0 Å². The van der Waals surface area contributed by atoms with Crippen LogP contribution in [-0.2, 0) is 19.5 Å². The van der Waals surface area contributed by atoms with Crippen LogP contribution in [0.25, 0.3) is 0 Å². The molecule has 0 spiro atoms. The lowest BCUT2D eigenvalue weighted by atomic mass is 9.68. The van der Waals surface area contributed by atoms with Crippen LogP contribution in [0.4, 0.5) is 4.39 Å². The van der Waals surface area contributed by atoms with Crippen LogP contribution in [-0.4, -0.2) is 40.9 Å². The Balaban J connectivity index is 1.81. The molecule has 0 unspecified atom stereocenters. The number of sulfonamides is 1. The van der Waals surface area contributed by atoms with E-state index in [2.05, 4.69) is 4.72 Å². The average Bonchev–Trinajstić information content (AvgIpc) is 2.86. The number of hydrogen-bond donors (Lipinski definition) is 1. The smallest absolute Gasteiger partial charge is 0.242 e. The van der Waals surface area contributed by atoms with Crippen molar-refractivity contribution >= 4 is 21.6 Å². The molecule has 4 atom stereocenters. The second kappa shape index (κ2) is 6.05. The summed E-state index contributed by atoms with van der Waals surface area (Å²) in [6.07, 6.45) is 0.853. The van der Waals surface area contributed by atoms with Crippen LogP contribution in [0.3, 0.4) is 0 Å². The van der Waals surface area contributed by atoms with Crippen molar-refractivity contribution in [3.8, 4) is 0 Å². The fraction of sp³-hybridized carbons (Fsp3) is 0.571. The maximum absolute atomic E-state index is 13.1. The Morgan fingerprint density at radius 2 is 2.27 bits per heavy atom. The quantitative estimate of drug-likeness (QED) is 0.880. The van der Waals surface area contributed by atoms with Crippen molar-refractivity contribution in [3.05, 3.63) is 29.0 Å². The van der Waals surface area contributed by atoms with Gasteiger partial charge in [-0.3, -0.25) is 0 Å². The van der Waals surface area contributed by atoms with E-state index >= 15 is 0 Å². The van der Waals surface area contributed by atoms with Gasteiger partial charge in [-0.25, -0.2) is 17.5 Å². The highest BCUT2D eigenvalue weighted by Crippen LogP contribution is 2.44. The maximum atomic E-state index is 13.1. The lowest BCUT2D eigenvalue weighted by molar-refractivity contribution is -0.0775. The minimum atomic E-state index is -3.82. The van der Waals surface area contributed by atoms with Crippen LogP contribution in [0.5, 0.6) is 0 Å². The van der Waals surface area contributed by atoms with Gasteiger partial charge < -0.3 is 9.47 Å². The van der Waals surface area contributed by atoms with Gasteiger partial charge in [-0.2, -0.15) is 0 Å². The highest BCUT2D eigenvalue weighted by Gasteiger charge is 2.55. The molecule has 0 bridgehead atoms.